The lowest BCUT2D eigenvalue weighted by molar-refractivity contribution is -0.145. The van der Waals surface area contributed by atoms with Gasteiger partial charge in [-0.1, -0.05) is 23.7 Å². The molecule has 0 saturated heterocycles. The highest BCUT2D eigenvalue weighted by molar-refractivity contribution is 6.30. The summed E-state index contributed by atoms with van der Waals surface area (Å²) in [6.07, 6.45) is 2.31. The van der Waals surface area contributed by atoms with Crippen molar-refractivity contribution in [3.8, 4) is 11.3 Å². The minimum atomic E-state index is -0.346. The Kier molecular flexibility index (Phi) is 5.46. The number of hydrogen-bond donors (Lipinski definition) is 0. The molecule has 25 heavy (non-hydrogen) atoms. The molecular weight excluding hydrogens is 345 g/mol. The number of hydrogen-bond acceptors (Lipinski definition) is 4. The lowest BCUT2D eigenvalue weighted by atomic mass is 10.1. The first-order chi connectivity index (χ1) is 12.1. The highest BCUT2D eigenvalue weighted by Gasteiger charge is 2.10. The van der Waals surface area contributed by atoms with E-state index in [-0.39, 0.29) is 30.7 Å². The van der Waals surface area contributed by atoms with E-state index in [1.807, 2.05) is 18.2 Å². The zero-order valence-electron chi connectivity index (χ0n) is 13.2. The van der Waals surface area contributed by atoms with Crippen molar-refractivity contribution in [2.75, 3.05) is 0 Å². The molecular formula is C19H15ClFNO3. The topological polar surface area (TPSA) is 52.3 Å². The zero-order valence-corrected chi connectivity index (χ0v) is 14.0. The van der Waals surface area contributed by atoms with Gasteiger partial charge in [0.15, 0.2) is 12.4 Å². The largest absolute Gasteiger partial charge is 0.456 e. The van der Waals surface area contributed by atoms with Gasteiger partial charge in [0.2, 0.25) is 5.89 Å². The third-order valence-electron chi connectivity index (χ3n) is 3.55. The predicted octanol–water partition coefficient (Wildman–Crippen LogP) is 4.81. The molecule has 3 aromatic rings. The molecule has 0 atom stereocenters. The van der Waals surface area contributed by atoms with Crippen LogP contribution in [0.4, 0.5) is 4.39 Å². The van der Waals surface area contributed by atoms with Gasteiger partial charge >= 0.3 is 5.97 Å². The van der Waals surface area contributed by atoms with Crippen molar-refractivity contribution < 1.29 is 18.3 Å². The van der Waals surface area contributed by atoms with E-state index in [4.69, 9.17) is 20.8 Å². The van der Waals surface area contributed by atoms with E-state index in [2.05, 4.69) is 4.98 Å². The van der Waals surface area contributed by atoms with Gasteiger partial charge in [-0.05, 0) is 48.4 Å². The number of rotatable bonds is 6. The molecule has 0 aliphatic carbocycles. The molecule has 2 aromatic carbocycles. The van der Waals surface area contributed by atoms with Crippen molar-refractivity contribution in [1.82, 2.24) is 4.98 Å². The summed E-state index contributed by atoms with van der Waals surface area (Å²) in [5.74, 6) is 0.110. The standard InChI is InChI=1S/C19H15ClFNO3/c20-15-3-1-2-13(10-15)4-9-19(23)24-12-18-22-11-17(25-18)14-5-7-16(21)8-6-14/h1-3,5-8,10-11H,4,9,12H2. The number of benzene rings is 2. The Labute approximate surface area is 149 Å². The van der Waals surface area contributed by atoms with Gasteiger partial charge in [-0.3, -0.25) is 4.79 Å². The number of aryl methyl sites for hydroxylation is 1. The van der Waals surface area contributed by atoms with Crippen molar-refractivity contribution in [2.24, 2.45) is 0 Å². The Morgan fingerprint density at radius 1 is 1.20 bits per heavy atom. The van der Waals surface area contributed by atoms with Crippen LogP contribution in [-0.4, -0.2) is 11.0 Å². The van der Waals surface area contributed by atoms with Crippen molar-refractivity contribution in [1.29, 1.82) is 0 Å². The SMILES string of the molecule is O=C(CCc1cccc(Cl)c1)OCc1ncc(-c2ccc(F)cc2)o1. The van der Waals surface area contributed by atoms with E-state index in [0.29, 0.717) is 22.8 Å². The normalized spacial score (nSPS) is 10.6. The maximum atomic E-state index is 12.9. The number of carbonyl (C=O) groups is 1. The van der Waals surface area contributed by atoms with Crippen LogP contribution >= 0.6 is 11.6 Å². The Balaban J connectivity index is 1.50. The van der Waals surface area contributed by atoms with E-state index in [9.17, 15) is 9.18 Å². The van der Waals surface area contributed by atoms with Gasteiger partial charge in [0.25, 0.3) is 0 Å². The third-order valence-corrected chi connectivity index (χ3v) is 3.78. The summed E-state index contributed by atoms with van der Waals surface area (Å²) in [6, 6.07) is 13.2. The molecule has 6 heteroatoms. The Morgan fingerprint density at radius 2 is 2.00 bits per heavy atom. The van der Waals surface area contributed by atoms with Crippen LogP contribution in [0, 0.1) is 5.82 Å². The Morgan fingerprint density at radius 3 is 2.76 bits per heavy atom. The van der Waals surface area contributed by atoms with Gasteiger partial charge in [0, 0.05) is 17.0 Å². The summed E-state index contributed by atoms with van der Waals surface area (Å²) in [4.78, 5) is 15.9. The van der Waals surface area contributed by atoms with E-state index in [0.717, 1.165) is 5.56 Å². The van der Waals surface area contributed by atoms with Crippen LogP contribution in [-0.2, 0) is 22.6 Å². The van der Waals surface area contributed by atoms with Crippen LogP contribution in [0.2, 0.25) is 5.02 Å². The summed E-state index contributed by atoms with van der Waals surface area (Å²) in [7, 11) is 0. The number of nitrogens with zero attached hydrogens (tertiary/aromatic N) is 1. The number of halogens is 2. The molecule has 4 nitrogen and oxygen atoms in total. The number of ether oxygens (including phenoxy) is 1. The van der Waals surface area contributed by atoms with Crippen LogP contribution in [0.1, 0.15) is 17.9 Å². The van der Waals surface area contributed by atoms with Crippen molar-refractivity contribution in [2.45, 2.75) is 19.4 Å². The monoisotopic (exact) mass is 359 g/mol. The fourth-order valence-electron chi connectivity index (χ4n) is 2.28. The summed E-state index contributed by atoms with van der Waals surface area (Å²) in [6.45, 7) is -0.0461. The number of oxazole rings is 1. The summed E-state index contributed by atoms with van der Waals surface area (Å²) in [5, 5.41) is 0.638. The minimum absolute atomic E-state index is 0.0461. The highest BCUT2D eigenvalue weighted by Crippen LogP contribution is 2.21. The average molecular weight is 360 g/mol. The molecule has 0 unspecified atom stereocenters. The van der Waals surface area contributed by atoms with E-state index >= 15 is 0 Å². The van der Waals surface area contributed by atoms with Crippen LogP contribution in [0.3, 0.4) is 0 Å². The maximum absolute atomic E-state index is 12.9. The van der Waals surface area contributed by atoms with Crippen molar-refractivity contribution in [3.05, 3.63) is 77.0 Å². The summed E-state index contributed by atoms with van der Waals surface area (Å²) < 4.78 is 23.6. The number of carbonyl (C=O) groups excluding carboxylic acids is 1. The molecule has 0 amide bonds. The fourth-order valence-corrected chi connectivity index (χ4v) is 2.49. The average Bonchev–Trinajstić information content (AvgIpc) is 3.08. The van der Waals surface area contributed by atoms with Gasteiger partial charge in [0.05, 0.1) is 6.20 Å². The Hall–Kier alpha value is -2.66. The number of esters is 1. The molecule has 0 fully saturated rings. The van der Waals surface area contributed by atoms with Crippen molar-refractivity contribution >= 4 is 17.6 Å². The quantitative estimate of drug-likeness (QED) is 0.593. The molecule has 0 bridgehead atoms. The molecule has 0 saturated carbocycles. The molecule has 0 aliphatic rings. The smallest absolute Gasteiger partial charge is 0.306 e. The predicted molar refractivity (Wildman–Crippen MR) is 91.5 cm³/mol. The maximum Gasteiger partial charge on any atom is 0.306 e. The second-order valence-corrected chi connectivity index (χ2v) is 5.85. The van der Waals surface area contributed by atoms with Gasteiger partial charge in [-0.25, -0.2) is 9.37 Å². The zero-order chi connectivity index (χ0) is 17.6. The van der Waals surface area contributed by atoms with Gasteiger partial charge in [0.1, 0.15) is 5.82 Å². The van der Waals surface area contributed by atoms with Gasteiger partial charge in [-0.15, -0.1) is 0 Å². The van der Waals surface area contributed by atoms with Gasteiger partial charge in [-0.2, -0.15) is 0 Å². The molecule has 0 spiro atoms. The molecule has 0 radical (unpaired) electrons. The summed E-state index contributed by atoms with van der Waals surface area (Å²) in [5.41, 5.74) is 1.67. The molecule has 128 valence electrons. The van der Waals surface area contributed by atoms with Gasteiger partial charge < -0.3 is 9.15 Å². The second-order valence-electron chi connectivity index (χ2n) is 5.42. The first-order valence-electron chi connectivity index (χ1n) is 7.71. The fraction of sp³-hybridized carbons (Fsp3) is 0.158. The first-order valence-corrected chi connectivity index (χ1v) is 8.08. The second kappa shape index (κ2) is 7.94. The van der Waals surface area contributed by atoms with E-state index in [1.54, 1.807) is 18.2 Å². The minimum Gasteiger partial charge on any atom is -0.456 e. The highest BCUT2D eigenvalue weighted by atomic mass is 35.5. The van der Waals surface area contributed by atoms with Crippen LogP contribution in [0.25, 0.3) is 11.3 Å². The summed E-state index contributed by atoms with van der Waals surface area (Å²) >= 11 is 5.91. The molecule has 0 N–H and O–H groups in total. The number of aromatic nitrogens is 1. The van der Waals surface area contributed by atoms with E-state index < -0.39 is 0 Å². The van der Waals surface area contributed by atoms with E-state index in [1.165, 1.54) is 18.3 Å². The lowest BCUT2D eigenvalue weighted by Crippen LogP contribution is -2.06. The van der Waals surface area contributed by atoms with Crippen LogP contribution in [0.5, 0.6) is 0 Å². The molecule has 1 aromatic heterocycles. The third kappa shape index (κ3) is 4.90. The molecule has 0 aliphatic heterocycles. The molecule has 1 heterocycles. The lowest BCUT2D eigenvalue weighted by Gasteiger charge is -2.03. The Bertz CT molecular complexity index is 861. The first kappa shape index (κ1) is 17.2. The van der Waals surface area contributed by atoms with Crippen molar-refractivity contribution in [3.63, 3.8) is 0 Å². The molecule has 3 rings (SSSR count). The van der Waals surface area contributed by atoms with Crippen LogP contribution < -0.4 is 0 Å². The van der Waals surface area contributed by atoms with Crippen LogP contribution in [0.15, 0.2) is 59.1 Å².